The molecule has 0 aliphatic carbocycles. The quantitative estimate of drug-likeness (QED) is 0.0343. The van der Waals surface area contributed by atoms with E-state index in [1.54, 1.807) is 0 Å². The number of carbonyl (C=O) groups is 3. The van der Waals surface area contributed by atoms with Crippen molar-refractivity contribution in [1.29, 1.82) is 0 Å². The van der Waals surface area contributed by atoms with Crippen molar-refractivity contribution in [2.75, 3.05) is 13.2 Å². The van der Waals surface area contributed by atoms with Crippen LogP contribution in [-0.2, 0) is 28.6 Å². The van der Waals surface area contributed by atoms with Gasteiger partial charge in [0.05, 0.1) is 0 Å². The molecule has 0 amide bonds. The summed E-state index contributed by atoms with van der Waals surface area (Å²) in [5.41, 5.74) is 0. The van der Waals surface area contributed by atoms with Gasteiger partial charge in [0, 0.05) is 19.3 Å². The molecule has 1 atom stereocenters. The van der Waals surface area contributed by atoms with E-state index in [1.165, 1.54) is 250 Å². The molecular weight excluding hydrogens is 817 g/mol. The summed E-state index contributed by atoms with van der Waals surface area (Å²) in [7, 11) is 0. The molecule has 0 fully saturated rings. The van der Waals surface area contributed by atoms with Gasteiger partial charge in [0.2, 0.25) is 0 Å². The van der Waals surface area contributed by atoms with Gasteiger partial charge < -0.3 is 14.2 Å². The second kappa shape index (κ2) is 56.0. The summed E-state index contributed by atoms with van der Waals surface area (Å²) in [6, 6.07) is 0. The number of ether oxygens (including phenoxy) is 3. The van der Waals surface area contributed by atoms with E-state index in [9.17, 15) is 14.4 Å². The van der Waals surface area contributed by atoms with Gasteiger partial charge in [-0.25, -0.2) is 0 Å². The molecule has 0 aromatic carbocycles. The van der Waals surface area contributed by atoms with Gasteiger partial charge in [-0.1, -0.05) is 310 Å². The van der Waals surface area contributed by atoms with Crippen molar-refractivity contribution in [3.63, 3.8) is 0 Å². The first-order valence-electron chi connectivity index (χ1n) is 30.0. The maximum atomic E-state index is 12.9. The number of hydrogen-bond donors (Lipinski definition) is 0. The highest BCUT2D eigenvalue weighted by Crippen LogP contribution is 2.18. The monoisotopic (exact) mass is 933 g/mol. The molecule has 0 radical (unpaired) electrons. The molecule has 66 heavy (non-hydrogen) atoms. The molecular formula is C60H116O6. The zero-order valence-corrected chi connectivity index (χ0v) is 45.0. The Balaban J connectivity index is 4.29. The lowest BCUT2D eigenvalue weighted by Gasteiger charge is -2.18. The molecule has 0 unspecified atom stereocenters. The van der Waals surface area contributed by atoms with E-state index >= 15 is 0 Å². The lowest BCUT2D eigenvalue weighted by Crippen LogP contribution is -2.30. The molecule has 0 N–H and O–H groups in total. The third-order valence-corrected chi connectivity index (χ3v) is 13.9. The van der Waals surface area contributed by atoms with E-state index in [0.29, 0.717) is 19.3 Å². The summed E-state index contributed by atoms with van der Waals surface area (Å²) < 4.78 is 16.9. The largest absolute Gasteiger partial charge is 0.462 e. The molecule has 0 aromatic heterocycles. The van der Waals surface area contributed by atoms with Crippen molar-refractivity contribution < 1.29 is 28.6 Å². The van der Waals surface area contributed by atoms with Crippen molar-refractivity contribution in [2.45, 2.75) is 354 Å². The van der Waals surface area contributed by atoms with Crippen LogP contribution >= 0.6 is 0 Å². The maximum absolute atomic E-state index is 12.9. The van der Waals surface area contributed by atoms with Crippen LogP contribution in [0.1, 0.15) is 348 Å². The first kappa shape index (κ1) is 64.4. The van der Waals surface area contributed by atoms with Crippen molar-refractivity contribution in [3.05, 3.63) is 0 Å². The summed E-state index contributed by atoms with van der Waals surface area (Å²) in [5.74, 6) is -0.828. The Bertz CT molecular complexity index is 982. The topological polar surface area (TPSA) is 78.9 Å². The van der Waals surface area contributed by atoms with Crippen LogP contribution in [0.5, 0.6) is 0 Å². The van der Waals surface area contributed by atoms with Crippen LogP contribution in [-0.4, -0.2) is 37.2 Å². The number of unbranched alkanes of at least 4 members (excludes halogenated alkanes) is 45. The van der Waals surface area contributed by atoms with Crippen LogP contribution < -0.4 is 0 Å². The Morgan fingerprint density at radius 1 is 0.242 bits per heavy atom. The van der Waals surface area contributed by atoms with Crippen LogP contribution in [0, 0.1) is 0 Å². The predicted octanol–water partition coefficient (Wildman–Crippen LogP) is 19.9. The van der Waals surface area contributed by atoms with Crippen molar-refractivity contribution in [3.8, 4) is 0 Å². The number of carbonyl (C=O) groups excluding carboxylic acids is 3. The summed E-state index contributed by atoms with van der Waals surface area (Å²) >= 11 is 0. The third kappa shape index (κ3) is 53.4. The molecule has 6 nitrogen and oxygen atoms in total. The number of rotatable bonds is 56. The van der Waals surface area contributed by atoms with Crippen molar-refractivity contribution >= 4 is 17.9 Å². The predicted molar refractivity (Wildman–Crippen MR) is 284 cm³/mol. The lowest BCUT2D eigenvalue weighted by atomic mass is 10.0. The van der Waals surface area contributed by atoms with Gasteiger partial charge in [-0.2, -0.15) is 0 Å². The first-order chi connectivity index (χ1) is 32.5. The summed E-state index contributed by atoms with van der Waals surface area (Å²) in [6.45, 7) is 6.72. The zero-order chi connectivity index (χ0) is 47.9. The summed E-state index contributed by atoms with van der Waals surface area (Å²) in [6.07, 6.45) is 62.3. The Hall–Kier alpha value is -1.59. The minimum absolute atomic E-state index is 0.0608. The molecule has 0 heterocycles. The second-order valence-electron chi connectivity index (χ2n) is 20.6. The van der Waals surface area contributed by atoms with Crippen LogP contribution in [0.15, 0.2) is 0 Å². The molecule has 0 aliphatic rings. The Morgan fingerprint density at radius 2 is 0.409 bits per heavy atom. The highest BCUT2D eigenvalue weighted by Gasteiger charge is 2.19. The van der Waals surface area contributed by atoms with Gasteiger partial charge in [0.25, 0.3) is 0 Å². The van der Waals surface area contributed by atoms with E-state index in [0.717, 1.165) is 57.8 Å². The smallest absolute Gasteiger partial charge is 0.306 e. The summed E-state index contributed by atoms with van der Waals surface area (Å²) in [5, 5.41) is 0. The van der Waals surface area contributed by atoms with Crippen molar-refractivity contribution in [1.82, 2.24) is 0 Å². The molecule has 0 saturated carbocycles. The van der Waals surface area contributed by atoms with Gasteiger partial charge in [0.1, 0.15) is 13.2 Å². The first-order valence-corrected chi connectivity index (χ1v) is 30.0. The Morgan fingerprint density at radius 3 is 0.606 bits per heavy atom. The van der Waals surface area contributed by atoms with Gasteiger partial charge in [0.15, 0.2) is 6.10 Å². The molecule has 0 spiro atoms. The average molecular weight is 934 g/mol. The van der Waals surface area contributed by atoms with Gasteiger partial charge >= 0.3 is 17.9 Å². The fraction of sp³-hybridized carbons (Fsp3) is 0.950. The second-order valence-corrected chi connectivity index (χ2v) is 20.6. The SMILES string of the molecule is CCCCCCCCCCCCCCCCCCCC(=O)O[C@@H](COC(=O)CCCCCCCCCCCCCCCCC)COC(=O)CCCCCCCCCCCCCCCCCC. The third-order valence-electron chi connectivity index (χ3n) is 13.9. The van der Waals surface area contributed by atoms with Crippen LogP contribution in [0.3, 0.4) is 0 Å². The van der Waals surface area contributed by atoms with E-state index in [-0.39, 0.29) is 31.1 Å². The molecule has 0 rings (SSSR count). The van der Waals surface area contributed by atoms with E-state index < -0.39 is 6.10 Å². The number of esters is 3. The van der Waals surface area contributed by atoms with Crippen LogP contribution in [0.2, 0.25) is 0 Å². The average Bonchev–Trinajstić information content (AvgIpc) is 3.31. The normalized spacial score (nSPS) is 11.9. The van der Waals surface area contributed by atoms with Crippen LogP contribution in [0.4, 0.5) is 0 Å². The van der Waals surface area contributed by atoms with Gasteiger partial charge in [-0.3, -0.25) is 14.4 Å². The molecule has 392 valence electrons. The standard InChI is InChI=1S/C60H116O6/c1-4-7-10-13-16-19-22-25-28-30-33-36-39-42-45-48-51-54-60(63)66-57(55-64-58(61)52-49-46-43-40-37-34-31-27-24-21-18-15-12-9-6-3)56-65-59(62)53-50-47-44-41-38-35-32-29-26-23-20-17-14-11-8-5-2/h57H,4-56H2,1-3H3/t57-/m0/s1. The van der Waals surface area contributed by atoms with Gasteiger partial charge in [-0.05, 0) is 19.3 Å². The zero-order valence-electron chi connectivity index (χ0n) is 45.0. The van der Waals surface area contributed by atoms with E-state index in [2.05, 4.69) is 20.8 Å². The highest BCUT2D eigenvalue weighted by molar-refractivity contribution is 5.71. The molecule has 0 saturated heterocycles. The fourth-order valence-electron chi connectivity index (χ4n) is 9.33. The number of hydrogen-bond acceptors (Lipinski definition) is 6. The lowest BCUT2D eigenvalue weighted by molar-refractivity contribution is -0.167. The minimum Gasteiger partial charge on any atom is -0.462 e. The Kier molecular flexibility index (Phi) is 54.7. The maximum Gasteiger partial charge on any atom is 0.306 e. The molecule has 0 aliphatic heterocycles. The Labute approximate surface area is 412 Å². The molecule has 0 aromatic rings. The van der Waals surface area contributed by atoms with Crippen LogP contribution in [0.25, 0.3) is 0 Å². The minimum atomic E-state index is -0.761. The van der Waals surface area contributed by atoms with Gasteiger partial charge in [-0.15, -0.1) is 0 Å². The molecule has 0 bridgehead atoms. The van der Waals surface area contributed by atoms with Crippen molar-refractivity contribution in [2.24, 2.45) is 0 Å². The fourth-order valence-corrected chi connectivity index (χ4v) is 9.33. The van der Waals surface area contributed by atoms with E-state index in [1.807, 2.05) is 0 Å². The molecule has 6 heteroatoms. The highest BCUT2D eigenvalue weighted by atomic mass is 16.6. The van der Waals surface area contributed by atoms with E-state index in [4.69, 9.17) is 14.2 Å². The summed E-state index contributed by atoms with van der Waals surface area (Å²) in [4.78, 5) is 38.2.